The highest BCUT2D eigenvalue weighted by Gasteiger charge is 2.27. The highest BCUT2D eigenvalue weighted by atomic mass is 16.5. The average Bonchev–Trinajstić information content (AvgIpc) is 2.64. The first-order chi connectivity index (χ1) is 12.2. The van der Waals surface area contributed by atoms with E-state index in [1.54, 1.807) is 6.07 Å². The minimum absolute atomic E-state index is 0.233. The number of phenols is 1. The molecule has 2 fully saturated rings. The number of ether oxygens (including phenoxy) is 1. The van der Waals surface area contributed by atoms with Crippen molar-refractivity contribution in [2.45, 2.75) is 32.7 Å². The second-order valence-corrected chi connectivity index (χ2v) is 7.45. The fourth-order valence-corrected chi connectivity index (χ4v) is 3.92. The van der Waals surface area contributed by atoms with Crippen LogP contribution in [0.4, 0.5) is 0 Å². The largest absolute Gasteiger partial charge is 0.504 e. The summed E-state index contributed by atoms with van der Waals surface area (Å²) in [5, 5.41) is 13.5. The molecule has 140 valence electrons. The SMILES string of the molecule is CCOc1cc(C(CN2CCC(C)CC2)N2CCNCC2)ccc1O. The average molecular weight is 348 g/mol. The number of piperazine rings is 1. The molecule has 0 spiro atoms. The predicted octanol–water partition coefficient (Wildman–Crippen LogP) is 2.47. The second-order valence-electron chi connectivity index (χ2n) is 7.45. The topological polar surface area (TPSA) is 48.0 Å². The van der Waals surface area contributed by atoms with Gasteiger partial charge in [-0.15, -0.1) is 0 Å². The number of piperidine rings is 1. The highest BCUT2D eigenvalue weighted by Crippen LogP contribution is 2.32. The van der Waals surface area contributed by atoms with Crippen molar-refractivity contribution in [1.82, 2.24) is 15.1 Å². The molecule has 0 radical (unpaired) electrons. The number of hydrogen-bond donors (Lipinski definition) is 2. The van der Waals surface area contributed by atoms with E-state index in [-0.39, 0.29) is 5.75 Å². The molecule has 2 N–H and O–H groups in total. The quantitative estimate of drug-likeness (QED) is 0.828. The zero-order valence-electron chi connectivity index (χ0n) is 15.7. The van der Waals surface area contributed by atoms with Gasteiger partial charge >= 0.3 is 0 Å². The first-order valence-electron chi connectivity index (χ1n) is 9.80. The van der Waals surface area contributed by atoms with E-state index in [1.165, 1.54) is 31.5 Å². The zero-order valence-corrected chi connectivity index (χ0v) is 15.7. The van der Waals surface area contributed by atoms with E-state index in [4.69, 9.17) is 4.74 Å². The van der Waals surface area contributed by atoms with Crippen LogP contribution in [0.15, 0.2) is 18.2 Å². The predicted molar refractivity (Wildman–Crippen MR) is 101 cm³/mol. The maximum absolute atomic E-state index is 10.0. The summed E-state index contributed by atoms with van der Waals surface area (Å²) in [6, 6.07) is 6.25. The summed E-state index contributed by atoms with van der Waals surface area (Å²) in [6.07, 6.45) is 2.60. The van der Waals surface area contributed by atoms with Crippen molar-refractivity contribution in [3.05, 3.63) is 23.8 Å². The van der Waals surface area contributed by atoms with Gasteiger partial charge in [-0.2, -0.15) is 0 Å². The molecule has 3 rings (SSSR count). The van der Waals surface area contributed by atoms with Crippen LogP contribution in [0.25, 0.3) is 0 Å². The molecular formula is C20H33N3O2. The smallest absolute Gasteiger partial charge is 0.161 e. The summed E-state index contributed by atoms with van der Waals surface area (Å²) < 4.78 is 5.62. The van der Waals surface area contributed by atoms with Crippen LogP contribution in [-0.4, -0.2) is 67.3 Å². The Hall–Kier alpha value is -1.30. The molecule has 25 heavy (non-hydrogen) atoms. The molecule has 2 aliphatic rings. The lowest BCUT2D eigenvalue weighted by Gasteiger charge is -2.40. The maximum atomic E-state index is 10.0. The molecule has 2 heterocycles. The molecule has 0 amide bonds. The second kappa shape index (κ2) is 8.88. The highest BCUT2D eigenvalue weighted by molar-refractivity contribution is 5.43. The minimum Gasteiger partial charge on any atom is -0.504 e. The number of nitrogens with zero attached hydrogens (tertiary/aromatic N) is 2. The molecule has 0 bridgehead atoms. The van der Waals surface area contributed by atoms with E-state index < -0.39 is 0 Å². The van der Waals surface area contributed by atoms with Gasteiger partial charge in [0.05, 0.1) is 6.61 Å². The lowest BCUT2D eigenvalue weighted by atomic mass is 9.97. The van der Waals surface area contributed by atoms with E-state index in [9.17, 15) is 5.11 Å². The molecule has 2 saturated heterocycles. The van der Waals surface area contributed by atoms with Crippen LogP contribution in [-0.2, 0) is 0 Å². The van der Waals surface area contributed by atoms with E-state index in [1.807, 2.05) is 13.0 Å². The third-order valence-electron chi connectivity index (χ3n) is 5.57. The Balaban J connectivity index is 1.79. The number of hydrogen-bond acceptors (Lipinski definition) is 5. The monoisotopic (exact) mass is 347 g/mol. The standard InChI is InChI=1S/C20H33N3O2/c1-3-25-20-14-17(4-5-19(20)24)18(23-12-8-21-9-13-23)15-22-10-6-16(2)7-11-22/h4-5,14,16,18,21,24H,3,6-13,15H2,1-2H3. The van der Waals surface area contributed by atoms with Crippen molar-refractivity contribution in [1.29, 1.82) is 0 Å². The summed E-state index contributed by atoms with van der Waals surface area (Å²) in [5.41, 5.74) is 1.25. The van der Waals surface area contributed by atoms with Crippen LogP contribution in [0.2, 0.25) is 0 Å². The molecule has 0 saturated carbocycles. The molecule has 1 aromatic carbocycles. The molecule has 2 aliphatic heterocycles. The van der Waals surface area contributed by atoms with Gasteiger partial charge < -0.3 is 20.1 Å². The van der Waals surface area contributed by atoms with Crippen molar-refractivity contribution in [2.24, 2.45) is 5.92 Å². The van der Waals surface area contributed by atoms with Crippen LogP contribution >= 0.6 is 0 Å². The lowest BCUT2D eigenvalue weighted by molar-refractivity contribution is 0.104. The molecule has 5 nitrogen and oxygen atoms in total. The van der Waals surface area contributed by atoms with Gasteiger partial charge in [0.1, 0.15) is 0 Å². The van der Waals surface area contributed by atoms with Crippen LogP contribution < -0.4 is 10.1 Å². The van der Waals surface area contributed by atoms with Crippen LogP contribution in [0.5, 0.6) is 11.5 Å². The lowest BCUT2D eigenvalue weighted by Crippen LogP contribution is -2.48. The summed E-state index contributed by atoms with van der Waals surface area (Å²) in [7, 11) is 0. The van der Waals surface area contributed by atoms with Gasteiger partial charge in [-0.05, 0) is 56.5 Å². The van der Waals surface area contributed by atoms with Gasteiger partial charge in [-0.25, -0.2) is 0 Å². The minimum atomic E-state index is 0.233. The van der Waals surface area contributed by atoms with E-state index >= 15 is 0 Å². The molecule has 1 unspecified atom stereocenters. The molecule has 5 heteroatoms. The fourth-order valence-electron chi connectivity index (χ4n) is 3.92. The van der Waals surface area contributed by atoms with Crippen molar-refractivity contribution in [3.8, 4) is 11.5 Å². The van der Waals surface area contributed by atoms with Crippen LogP contribution in [0, 0.1) is 5.92 Å². The van der Waals surface area contributed by atoms with Gasteiger partial charge in [-0.1, -0.05) is 13.0 Å². The van der Waals surface area contributed by atoms with Gasteiger partial charge in [0.15, 0.2) is 11.5 Å². The summed E-state index contributed by atoms with van der Waals surface area (Å²) >= 11 is 0. The van der Waals surface area contributed by atoms with Gasteiger partial charge in [0.2, 0.25) is 0 Å². The number of aromatic hydroxyl groups is 1. The zero-order chi connectivity index (χ0) is 17.6. The first-order valence-corrected chi connectivity index (χ1v) is 9.80. The number of nitrogens with one attached hydrogen (secondary N) is 1. The van der Waals surface area contributed by atoms with Crippen LogP contribution in [0.3, 0.4) is 0 Å². The molecule has 1 atom stereocenters. The number of likely N-dealkylation sites (tertiary alicyclic amines) is 1. The van der Waals surface area contributed by atoms with Gasteiger partial charge in [0.25, 0.3) is 0 Å². The maximum Gasteiger partial charge on any atom is 0.161 e. The molecule has 0 aromatic heterocycles. The number of rotatable bonds is 6. The van der Waals surface area contributed by atoms with Gasteiger partial charge in [0, 0.05) is 38.8 Å². The van der Waals surface area contributed by atoms with E-state index in [0.717, 1.165) is 38.6 Å². The van der Waals surface area contributed by atoms with Crippen molar-refractivity contribution in [3.63, 3.8) is 0 Å². The van der Waals surface area contributed by atoms with Crippen molar-refractivity contribution < 1.29 is 9.84 Å². The normalized spacial score (nSPS) is 22.0. The van der Waals surface area contributed by atoms with E-state index in [0.29, 0.717) is 18.4 Å². The summed E-state index contributed by atoms with van der Waals surface area (Å²) in [5.74, 6) is 1.69. The number of phenolic OH excluding ortho intramolecular Hbond substituents is 1. The Morgan fingerprint density at radius 1 is 1.20 bits per heavy atom. The third-order valence-corrected chi connectivity index (χ3v) is 5.57. The van der Waals surface area contributed by atoms with Crippen molar-refractivity contribution >= 4 is 0 Å². The number of benzene rings is 1. The van der Waals surface area contributed by atoms with Crippen LogP contribution in [0.1, 0.15) is 38.3 Å². The molecule has 1 aromatic rings. The third kappa shape index (κ3) is 4.87. The first kappa shape index (κ1) is 18.5. The van der Waals surface area contributed by atoms with E-state index in [2.05, 4.69) is 28.1 Å². The molecular weight excluding hydrogens is 314 g/mol. The van der Waals surface area contributed by atoms with Gasteiger partial charge in [-0.3, -0.25) is 4.90 Å². The summed E-state index contributed by atoms with van der Waals surface area (Å²) in [6.45, 7) is 12.6. The van der Waals surface area contributed by atoms with Crippen molar-refractivity contribution in [2.75, 3.05) is 52.4 Å². The Morgan fingerprint density at radius 2 is 1.92 bits per heavy atom. The Bertz CT molecular complexity index is 538. The summed E-state index contributed by atoms with van der Waals surface area (Å²) in [4.78, 5) is 5.19. The Labute approximate surface area is 152 Å². The Kier molecular flexibility index (Phi) is 6.57. The Morgan fingerprint density at radius 3 is 2.60 bits per heavy atom. The fraction of sp³-hybridized carbons (Fsp3) is 0.700. The molecule has 0 aliphatic carbocycles.